The van der Waals surface area contributed by atoms with Gasteiger partial charge >= 0.3 is 5.97 Å². The Morgan fingerprint density at radius 3 is 2.41 bits per heavy atom. The first-order valence-electron chi connectivity index (χ1n) is 4.80. The van der Waals surface area contributed by atoms with E-state index in [9.17, 15) is 18.0 Å². The lowest BCUT2D eigenvalue weighted by atomic mass is 10.4. The van der Waals surface area contributed by atoms with Crippen LogP contribution in [0.5, 0.6) is 0 Å². The van der Waals surface area contributed by atoms with E-state index in [0.717, 1.165) is 4.31 Å². The van der Waals surface area contributed by atoms with E-state index in [1.807, 2.05) is 0 Å². The number of hydrogen-bond acceptors (Lipinski definition) is 5. The van der Waals surface area contributed by atoms with E-state index in [-0.39, 0.29) is 13.0 Å². The minimum Gasteiger partial charge on any atom is -0.469 e. The molecular weight excluding hydrogens is 250 g/mol. The Morgan fingerprint density at radius 2 is 2.00 bits per heavy atom. The number of nitrogens with one attached hydrogen (secondary N) is 1. The van der Waals surface area contributed by atoms with Crippen LogP contribution in [-0.4, -0.2) is 51.3 Å². The normalized spacial score (nSPS) is 13.4. The maximum Gasteiger partial charge on any atom is 0.306 e. The van der Waals surface area contributed by atoms with Crippen LogP contribution in [-0.2, 0) is 24.5 Å². The third-order valence-corrected chi connectivity index (χ3v) is 3.68. The van der Waals surface area contributed by atoms with Gasteiger partial charge in [-0.2, -0.15) is 17.4 Å². The average Bonchev–Trinajstić information content (AvgIpc) is 2.24. The minimum atomic E-state index is -3.83. The molecule has 0 bridgehead atoms. The summed E-state index contributed by atoms with van der Waals surface area (Å²) in [7, 11) is -1.34. The van der Waals surface area contributed by atoms with Gasteiger partial charge in [-0.3, -0.25) is 9.59 Å². The third-order valence-electron chi connectivity index (χ3n) is 2.02. The topological polar surface area (TPSA) is 119 Å². The molecular formula is C8H17N3O5S. The molecule has 0 radical (unpaired) electrons. The highest BCUT2D eigenvalue weighted by atomic mass is 32.2. The number of carbonyl (C=O) groups excluding carboxylic acids is 2. The SMILES string of the molecule is COC(=O)CCN(C)S(=O)(=O)NC(C)C(N)=O. The first-order valence-corrected chi connectivity index (χ1v) is 6.24. The Hall–Kier alpha value is -1.19. The molecule has 0 aromatic carbocycles. The van der Waals surface area contributed by atoms with Crippen molar-refractivity contribution in [1.82, 2.24) is 9.03 Å². The third kappa shape index (κ3) is 5.61. The van der Waals surface area contributed by atoms with Crippen LogP contribution in [0.15, 0.2) is 0 Å². The van der Waals surface area contributed by atoms with Gasteiger partial charge in [0, 0.05) is 13.6 Å². The van der Waals surface area contributed by atoms with Crippen LogP contribution >= 0.6 is 0 Å². The molecule has 0 heterocycles. The zero-order chi connectivity index (χ0) is 13.6. The molecule has 1 atom stereocenters. The van der Waals surface area contributed by atoms with Crippen LogP contribution in [0.3, 0.4) is 0 Å². The summed E-state index contributed by atoms with van der Waals surface area (Å²) in [6, 6.07) is -1.01. The molecule has 17 heavy (non-hydrogen) atoms. The highest BCUT2D eigenvalue weighted by Gasteiger charge is 2.23. The van der Waals surface area contributed by atoms with E-state index in [2.05, 4.69) is 9.46 Å². The Bertz CT molecular complexity index is 381. The molecule has 0 fully saturated rings. The Morgan fingerprint density at radius 1 is 1.47 bits per heavy atom. The van der Waals surface area contributed by atoms with Gasteiger partial charge in [-0.25, -0.2) is 0 Å². The van der Waals surface area contributed by atoms with Crippen LogP contribution in [0.25, 0.3) is 0 Å². The fourth-order valence-electron chi connectivity index (χ4n) is 0.842. The first kappa shape index (κ1) is 15.8. The zero-order valence-electron chi connectivity index (χ0n) is 9.97. The number of carbonyl (C=O) groups is 2. The number of esters is 1. The molecule has 0 spiro atoms. The quantitative estimate of drug-likeness (QED) is 0.527. The van der Waals surface area contributed by atoms with Gasteiger partial charge in [-0.1, -0.05) is 0 Å². The first-order chi connectivity index (χ1) is 7.70. The predicted octanol–water partition coefficient (Wildman–Crippen LogP) is -1.81. The van der Waals surface area contributed by atoms with E-state index >= 15 is 0 Å². The van der Waals surface area contributed by atoms with Crippen LogP contribution in [0.2, 0.25) is 0 Å². The Labute approximate surface area is 100 Å². The molecule has 0 saturated heterocycles. The summed E-state index contributed by atoms with van der Waals surface area (Å²) in [6.45, 7) is 1.28. The van der Waals surface area contributed by atoms with Gasteiger partial charge < -0.3 is 10.5 Å². The number of hydrogen-bond donors (Lipinski definition) is 2. The van der Waals surface area contributed by atoms with Crippen molar-refractivity contribution < 1.29 is 22.7 Å². The van der Waals surface area contributed by atoms with Crippen molar-refractivity contribution in [2.75, 3.05) is 20.7 Å². The molecule has 0 aromatic heterocycles. The number of ether oxygens (including phenoxy) is 1. The molecule has 0 rings (SSSR count). The van der Waals surface area contributed by atoms with E-state index in [4.69, 9.17) is 5.73 Å². The molecule has 1 amide bonds. The van der Waals surface area contributed by atoms with Crippen molar-refractivity contribution in [3.63, 3.8) is 0 Å². The van der Waals surface area contributed by atoms with Crippen molar-refractivity contribution in [2.24, 2.45) is 5.73 Å². The van der Waals surface area contributed by atoms with Gasteiger partial charge in [-0.15, -0.1) is 0 Å². The monoisotopic (exact) mass is 267 g/mol. The summed E-state index contributed by atoms with van der Waals surface area (Å²) < 4.78 is 30.6. The summed E-state index contributed by atoms with van der Waals surface area (Å²) in [5, 5.41) is 0. The Kier molecular flexibility index (Phi) is 6.07. The molecule has 8 nitrogen and oxygen atoms in total. The number of primary amides is 1. The predicted molar refractivity (Wildman–Crippen MR) is 60.0 cm³/mol. The second-order valence-electron chi connectivity index (χ2n) is 3.39. The number of methoxy groups -OCH3 is 1. The number of nitrogens with two attached hydrogens (primary N) is 1. The Balaban J connectivity index is 4.40. The van der Waals surface area contributed by atoms with Crippen LogP contribution < -0.4 is 10.5 Å². The van der Waals surface area contributed by atoms with E-state index in [1.165, 1.54) is 21.1 Å². The number of nitrogens with zero attached hydrogens (tertiary/aromatic N) is 1. The van der Waals surface area contributed by atoms with E-state index in [0.29, 0.717) is 0 Å². The lowest BCUT2D eigenvalue weighted by Gasteiger charge is -2.19. The van der Waals surface area contributed by atoms with Gasteiger partial charge in [0.2, 0.25) is 5.91 Å². The maximum atomic E-state index is 11.6. The highest BCUT2D eigenvalue weighted by molar-refractivity contribution is 7.87. The standard InChI is InChI=1S/C8H17N3O5S/c1-6(8(9)13)10-17(14,15)11(2)5-4-7(12)16-3/h6,10H,4-5H2,1-3H3,(H2,9,13). The largest absolute Gasteiger partial charge is 0.469 e. The van der Waals surface area contributed by atoms with Crippen molar-refractivity contribution >= 4 is 22.1 Å². The van der Waals surface area contributed by atoms with Gasteiger partial charge in [0.15, 0.2) is 0 Å². The molecule has 100 valence electrons. The van der Waals surface area contributed by atoms with E-state index < -0.39 is 28.1 Å². The van der Waals surface area contributed by atoms with Gasteiger partial charge in [-0.05, 0) is 6.92 Å². The summed E-state index contributed by atoms with van der Waals surface area (Å²) >= 11 is 0. The van der Waals surface area contributed by atoms with Crippen LogP contribution in [0.1, 0.15) is 13.3 Å². The maximum absolute atomic E-state index is 11.6. The van der Waals surface area contributed by atoms with Crippen molar-refractivity contribution in [1.29, 1.82) is 0 Å². The van der Waals surface area contributed by atoms with Crippen molar-refractivity contribution in [2.45, 2.75) is 19.4 Å². The number of rotatable bonds is 7. The summed E-state index contributed by atoms with van der Waals surface area (Å²) in [5.74, 6) is -1.30. The zero-order valence-corrected chi connectivity index (χ0v) is 10.8. The minimum absolute atomic E-state index is 0.0481. The van der Waals surface area contributed by atoms with Gasteiger partial charge in [0.05, 0.1) is 19.6 Å². The summed E-state index contributed by atoms with van der Waals surface area (Å²) in [5.41, 5.74) is 4.93. The lowest BCUT2D eigenvalue weighted by Crippen LogP contribution is -2.48. The molecule has 0 aliphatic rings. The molecule has 3 N–H and O–H groups in total. The molecule has 0 saturated carbocycles. The van der Waals surface area contributed by atoms with Crippen LogP contribution in [0, 0.1) is 0 Å². The highest BCUT2D eigenvalue weighted by Crippen LogP contribution is 1.98. The fourth-order valence-corrected chi connectivity index (χ4v) is 1.92. The summed E-state index contributed by atoms with van der Waals surface area (Å²) in [4.78, 5) is 21.6. The molecule has 0 aliphatic heterocycles. The molecule has 0 aliphatic carbocycles. The van der Waals surface area contributed by atoms with Gasteiger partial charge in [0.1, 0.15) is 0 Å². The average molecular weight is 267 g/mol. The second-order valence-corrected chi connectivity index (χ2v) is 5.20. The lowest BCUT2D eigenvalue weighted by molar-refractivity contribution is -0.140. The summed E-state index contributed by atoms with van der Waals surface area (Å²) in [6.07, 6.45) is -0.0706. The smallest absolute Gasteiger partial charge is 0.306 e. The molecule has 9 heteroatoms. The van der Waals surface area contributed by atoms with Gasteiger partial charge in [0.25, 0.3) is 10.2 Å². The van der Waals surface area contributed by atoms with Crippen molar-refractivity contribution in [3.05, 3.63) is 0 Å². The fraction of sp³-hybridized carbons (Fsp3) is 0.750. The molecule has 0 aromatic rings. The number of amides is 1. The van der Waals surface area contributed by atoms with Crippen LogP contribution in [0.4, 0.5) is 0 Å². The van der Waals surface area contributed by atoms with Crippen molar-refractivity contribution in [3.8, 4) is 0 Å². The second kappa shape index (κ2) is 6.52. The van der Waals surface area contributed by atoms with E-state index in [1.54, 1.807) is 0 Å². The molecule has 1 unspecified atom stereocenters.